The van der Waals surface area contributed by atoms with Gasteiger partial charge in [-0.25, -0.2) is 29.9 Å². The van der Waals surface area contributed by atoms with Crippen molar-refractivity contribution in [2.24, 2.45) is 0 Å². The van der Waals surface area contributed by atoms with E-state index in [9.17, 15) is 0 Å². The molecule has 0 unspecified atom stereocenters. The van der Waals surface area contributed by atoms with Crippen LogP contribution in [0.3, 0.4) is 0 Å². The topological polar surface area (TPSA) is 97.1 Å². The zero-order valence-corrected chi connectivity index (χ0v) is 80.4. The van der Waals surface area contributed by atoms with Crippen molar-refractivity contribution in [2.45, 2.75) is 19.3 Å². The third-order valence-electron chi connectivity index (χ3n) is 30.1. The summed E-state index contributed by atoms with van der Waals surface area (Å²) >= 11 is 1.83. The van der Waals surface area contributed by atoms with Gasteiger partial charge in [0.15, 0.2) is 0 Å². The van der Waals surface area contributed by atoms with Crippen LogP contribution in [0, 0.1) is 0 Å². The Hall–Kier alpha value is -18.9. The summed E-state index contributed by atoms with van der Waals surface area (Å²) in [6, 6.07) is 174. The van der Waals surface area contributed by atoms with E-state index in [2.05, 4.69) is 517 Å². The fourth-order valence-electron chi connectivity index (χ4n) is 23.3. The van der Waals surface area contributed by atoms with E-state index in [4.69, 9.17) is 29.9 Å². The molecule has 0 amide bonds. The van der Waals surface area contributed by atoms with Gasteiger partial charge in [0.05, 0.1) is 77.8 Å². The van der Waals surface area contributed by atoms with Crippen molar-refractivity contribution in [3.8, 4) is 102 Å². The number of thiophene rings is 1. The molecule has 30 aromatic rings. The summed E-state index contributed by atoms with van der Waals surface area (Å²) in [6.07, 6.45) is 0. The highest BCUT2D eigenvalue weighted by atomic mass is 32.1. The van der Waals surface area contributed by atoms with Gasteiger partial charge in [-0.2, -0.15) is 0 Å². The monoisotopic (exact) mass is 1880 g/mol. The van der Waals surface area contributed by atoms with E-state index >= 15 is 0 Å². The van der Waals surface area contributed by atoms with E-state index < -0.39 is 0 Å². The van der Waals surface area contributed by atoms with Crippen LogP contribution in [-0.4, -0.2) is 48.2 Å². The molecule has 0 N–H and O–H groups in total. The molecule has 10 nitrogen and oxygen atoms in total. The number of nitrogens with zero attached hydrogens (tertiary/aromatic N) is 10. The third kappa shape index (κ3) is 13.5. The van der Waals surface area contributed by atoms with Gasteiger partial charge in [-0.3, -0.25) is 13.7 Å². The molecule has 11 heteroatoms. The molecule has 31 rings (SSSR count). The largest absolute Gasteiger partial charge is 0.309 e. The third-order valence-corrected chi connectivity index (χ3v) is 31.2. The van der Waals surface area contributed by atoms with Gasteiger partial charge in [-0.05, 0) is 215 Å². The van der Waals surface area contributed by atoms with Crippen molar-refractivity contribution in [1.29, 1.82) is 0 Å². The standard InChI is InChI=1S/C48H30N4.C45H31N3.C42H25N3S/c1-3-14-31(15-4-1)34-26-27-37-41(29-34)49-48(52-42-23-11-9-20-36(42)40-28-32-16-7-8-17-33(32)30-45(40)52)50-47(37)39-22-13-25-44-46(39)38-21-10-12-24-43(38)51(44)35-18-5-2-6-19-35;1-45(2)37-20-10-8-18-33(37)42-35(19-12-21-38(42)45)43-34-24-23-31(28-13-4-3-5-14-28)26-39(34)46-44(47-43)48-40-22-11-9-17-32(40)36-25-29-15-6-7-16-30(29)27-41(36)48;1-2-11-26(12-3-1)29-21-22-31-35(24-29)43-42(44-41(31)33-17-10-20-39-40(33)32-16-7-9-19-38(32)46-39)45-36-18-8-6-15-30(36)34-23-27-13-4-5-14-28(27)25-37(34)45/h1-30H;3-27H,1-2H3;1-25H. The van der Waals surface area contributed by atoms with Crippen molar-refractivity contribution in [2.75, 3.05) is 0 Å². The molecule has 0 bridgehead atoms. The summed E-state index contributed by atoms with van der Waals surface area (Å²) in [5.74, 6) is 2.00. The van der Waals surface area contributed by atoms with E-state index in [0.717, 1.165) is 139 Å². The Morgan fingerprint density at radius 2 is 0.514 bits per heavy atom. The molecule has 0 radical (unpaired) electrons. The summed E-state index contributed by atoms with van der Waals surface area (Å²) in [5.41, 5.74) is 30.9. The second kappa shape index (κ2) is 33.6. The van der Waals surface area contributed by atoms with Crippen LogP contribution in [0.15, 0.2) is 485 Å². The molecule has 0 saturated carbocycles. The fourth-order valence-corrected chi connectivity index (χ4v) is 24.4. The van der Waals surface area contributed by atoms with Crippen molar-refractivity contribution in [3.05, 3.63) is 496 Å². The lowest BCUT2D eigenvalue weighted by Gasteiger charge is -2.21. The predicted molar refractivity (Wildman–Crippen MR) is 612 cm³/mol. The van der Waals surface area contributed by atoms with Crippen LogP contribution in [-0.2, 0) is 5.41 Å². The second-order valence-corrected chi connectivity index (χ2v) is 39.8. The fraction of sp³-hybridized carbons (Fsp3) is 0.0222. The second-order valence-electron chi connectivity index (χ2n) is 38.7. The minimum absolute atomic E-state index is 0.109. The number of fused-ring (bicyclic) bond motifs is 24. The minimum Gasteiger partial charge on any atom is -0.309 e. The van der Waals surface area contributed by atoms with Crippen LogP contribution in [0.1, 0.15) is 25.0 Å². The van der Waals surface area contributed by atoms with Crippen LogP contribution < -0.4 is 0 Å². The number of hydrogen-bond donors (Lipinski definition) is 0. The highest BCUT2D eigenvalue weighted by molar-refractivity contribution is 7.26. The Morgan fingerprint density at radius 3 is 0.973 bits per heavy atom. The number of aromatic nitrogens is 10. The molecule has 8 aromatic heterocycles. The minimum atomic E-state index is -0.109. The number of benzene rings is 22. The van der Waals surface area contributed by atoms with E-state index in [1.165, 1.54) is 129 Å². The Bertz CT molecular complexity index is 10600. The zero-order chi connectivity index (χ0) is 96.3. The maximum absolute atomic E-state index is 5.58. The molecule has 146 heavy (non-hydrogen) atoms. The first-order valence-electron chi connectivity index (χ1n) is 49.8. The summed E-state index contributed by atoms with van der Waals surface area (Å²) in [5, 5.41) is 22.3. The number of para-hydroxylation sites is 5. The average molecular weight is 1880 g/mol. The van der Waals surface area contributed by atoms with Crippen LogP contribution >= 0.6 is 11.3 Å². The van der Waals surface area contributed by atoms with Gasteiger partial charge in [0.2, 0.25) is 17.8 Å². The normalized spacial score (nSPS) is 12.4. The average Bonchev–Trinajstić information content (AvgIpc) is 1.56. The smallest absolute Gasteiger partial charge is 0.235 e. The van der Waals surface area contributed by atoms with Crippen molar-refractivity contribution >= 4 is 184 Å². The van der Waals surface area contributed by atoms with Gasteiger partial charge in [0, 0.05) is 107 Å². The first kappa shape index (κ1) is 84.0. The van der Waals surface area contributed by atoms with Gasteiger partial charge < -0.3 is 4.57 Å². The van der Waals surface area contributed by atoms with Gasteiger partial charge in [-0.15, -0.1) is 11.3 Å². The summed E-state index contributed by atoms with van der Waals surface area (Å²) in [4.78, 5) is 32.8. The van der Waals surface area contributed by atoms with Crippen LogP contribution in [0.25, 0.3) is 274 Å². The number of rotatable bonds is 10. The highest BCUT2D eigenvalue weighted by Gasteiger charge is 2.38. The molecule has 0 fully saturated rings. The van der Waals surface area contributed by atoms with Crippen LogP contribution in [0.4, 0.5) is 0 Å². The predicted octanol–water partition coefficient (Wildman–Crippen LogP) is 35.4. The van der Waals surface area contributed by atoms with Gasteiger partial charge >= 0.3 is 0 Å². The molecular weight excluding hydrogens is 1790 g/mol. The van der Waals surface area contributed by atoms with Gasteiger partial charge in [0.1, 0.15) is 0 Å². The Balaban J connectivity index is 0.000000104. The van der Waals surface area contributed by atoms with Crippen LogP contribution in [0.2, 0.25) is 0 Å². The first-order valence-corrected chi connectivity index (χ1v) is 50.6. The van der Waals surface area contributed by atoms with E-state index in [0.29, 0.717) is 17.8 Å². The molecule has 1 aliphatic carbocycles. The molecule has 8 heterocycles. The molecule has 0 atom stereocenters. The lowest BCUT2D eigenvalue weighted by molar-refractivity contribution is 0.660. The van der Waals surface area contributed by atoms with Crippen molar-refractivity contribution in [3.63, 3.8) is 0 Å². The van der Waals surface area contributed by atoms with E-state index in [1.807, 2.05) is 11.3 Å². The van der Waals surface area contributed by atoms with Crippen LogP contribution in [0.5, 0.6) is 0 Å². The zero-order valence-electron chi connectivity index (χ0n) is 79.6. The van der Waals surface area contributed by atoms with Crippen molar-refractivity contribution in [1.82, 2.24) is 48.2 Å². The Morgan fingerprint density at radius 1 is 0.192 bits per heavy atom. The summed E-state index contributed by atoms with van der Waals surface area (Å²) < 4.78 is 11.7. The van der Waals surface area contributed by atoms with Crippen molar-refractivity contribution < 1.29 is 0 Å². The summed E-state index contributed by atoms with van der Waals surface area (Å²) in [6.45, 7) is 4.67. The molecular formula is C135H86N10S. The van der Waals surface area contributed by atoms with E-state index in [1.54, 1.807) is 0 Å². The van der Waals surface area contributed by atoms with Gasteiger partial charge in [-0.1, -0.05) is 372 Å². The lowest BCUT2D eigenvalue weighted by Crippen LogP contribution is -2.14. The molecule has 0 saturated heterocycles. The van der Waals surface area contributed by atoms with E-state index in [-0.39, 0.29) is 5.41 Å². The molecule has 0 spiro atoms. The molecule has 0 aliphatic heterocycles. The summed E-state index contributed by atoms with van der Waals surface area (Å²) in [7, 11) is 0. The first-order chi connectivity index (χ1) is 72.2. The highest BCUT2D eigenvalue weighted by Crippen LogP contribution is 2.54. The molecule has 1 aliphatic rings. The molecule has 22 aromatic carbocycles. The quantitative estimate of drug-likeness (QED) is 0.135. The number of hydrogen-bond acceptors (Lipinski definition) is 7. The maximum atomic E-state index is 5.58. The molecule has 682 valence electrons. The Labute approximate surface area is 843 Å². The maximum Gasteiger partial charge on any atom is 0.235 e. The van der Waals surface area contributed by atoms with Gasteiger partial charge in [0.25, 0.3) is 0 Å². The SMILES string of the molecule is CC1(C)c2ccccc2-c2c(-c3nc(-n4c5ccccc5c5cc6ccccc6cc54)nc4cc(-c5ccccc5)ccc34)cccc21.c1ccc(-c2ccc3c(-c4cccc5c4c4ccccc4n5-c4ccccc4)nc(-n4c5ccccc5c5cc6ccccc6cc54)nc3c2)cc1.c1ccc(-c2ccc3c(-c4cccc5sc6ccccc6c45)nc(-n4c5ccccc5c5cc6ccccc6cc54)nc3c2)cc1. The Kier molecular flexibility index (Phi) is 19.4. The lowest BCUT2D eigenvalue weighted by atomic mass is 9.82.